The maximum atomic E-state index is 12.4. The largest absolute Gasteiger partial charge is 0.475 e. The molecule has 0 unspecified atom stereocenters. The molecule has 178 valence electrons. The van der Waals surface area contributed by atoms with Gasteiger partial charge in [-0.05, 0) is 58.7 Å². The molecule has 1 aromatic heterocycles. The van der Waals surface area contributed by atoms with Crippen molar-refractivity contribution in [1.82, 2.24) is 15.5 Å². The Morgan fingerprint density at radius 3 is 2.55 bits per heavy atom. The second-order valence-corrected chi connectivity index (χ2v) is 9.82. The maximum Gasteiger partial charge on any atom is 0.422 e. The molecule has 0 saturated carbocycles. The van der Waals surface area contributed by atoms with E-state index >= 15 is 0 Å². The predicted molar refractivity (Wildman–Crippen MR) is 117 cm³/mol. The summed E-state index contributed by atoms with van der Waals surface area (Å²) < 4.78 is 41.4. The molecule has 1 saturated heterocycles. The second-order valence-electron chi connectivity index (χ2n) is 8.74. The quantitative estimate of drug-likeness (QED) is 0.585. The monoisotopic (exact) mass is 485 g/mol. The van der Waals surface area contributed by atoms with Crippen molar-refractivity contribution in [2.75, 3.05) is 26.2 Å². The topological polar surface area (TPSA) is 70.7 Å². The molecule has 1 aliphatic heterocycles. The van der Waals surface area contributed by atoms with Crippen molar-refractivity contribution >= 4 is 35.6 Å². The van der Waals surface area contributed by atoms with Gasteiger partial charge in [-0.1, -0.05) is 0 Å². The van der Waals surface area contributed by atoms with Crippen LogP contribution in [0.2, 0.25) is 0 Å². The molecule has 0 spiro atoms. The van der Waals surface area contributed by atoms with E-state index in [4.69, 9.17) is 4.74 Å². The van der Waals surface area contributed by atoms with E-state index in [1.54, 1.807) is 13.0 Å². The normalized spacial score (nSPS) is 18.2. The number of rotatable bonds is 8. The van der Waals surface area contributed by atoms with Crippen LogP contribution in [0.4, 0.5) is 13.2 Å². The number of carbonyl (C=O) groups is 2. The number of hydrogen-bond donors (Lipinski definition) is 2. The lowest BCUT2D eigenvalue weighted by Gasteiger charge is -2.23. The summed E-state index contributed by atoms with van der Waals surface area (Å²) in [5.41, 5.74) is -0.272. The molecule has 1 fully saturated rings. The highest BCUT2D eigenvalue weighted by molar-refractivity contribution is 7.13. The van der Waals surface area contributed by atoms with Gasteiger partial charge in [0.25, 0.3) is 0 Å². The van der Waals surface area contributed by atoms with Crippen LogP contribution in [0.1, 0.15) is 51.5 Å². The maximum absolute atomic E-state index is 12.4. The lowest BCUT2D eigenvalue weighted by molar-refractivity contribution is -0.152. The minimum atomic E-state index is -4.38. The van der Waals surface area contributed by atoms with Gasteiger partial charge in [-0.3, -0.25) is 14.5 Å². The molecule has 11 heteroatoms. The molecule has 0 radical (unpaired) electrons. The van der Waals surface area contributed by atoms with Gasteiger partial charge in [0.15, 0.2) is 11.7 Å². The molecule has 0 aliphatic carbocycles. The smallest absolute Gasteiger partial charge is 0.422 e. The van der Waals surface area contributed by atoms with Gasteiger partial charge in [0.05, 0.1) is 12.6 Å². The van der Waals surface area contributed by atoms with Crippen molar-refractivity contribution in [1.29, 1.82) is 0 Å². The van der Waals surface area contributed by atoms with E-state index in [1.165, 1.54) is 6.07 Å². The van der Waals surface area contributed by atoms with Gasteiger partial charge < -0.3 is 15.4 Å². The fourth-order valence-electron chi connectivity index (χ4n) is 3.32. The number of hydrogen-bond acceptors (Lipinski definition) is 5. The van der Waals surface area contributed by atoms with Gasteiger partial charge in [-0.25, -0.2) is 0 Å². The van der Waals surface area contributed by atoms with E-state index in [9.17, 15) is 22.8 Å². The first-order chi connectivity index (χ1) is 13.8. The molecule has 0 bridgehead atoms. The number of ether oxygens (including phenoxy) is 1. The highest BCUT2D eigenvalue weighted by Gasteiger charge is 2.29. The molecule has 6 nitrogen and oxygen atoms in total. The van der Waals surface area contributed by atoms with Crippen LogP contribution in [-0.2, 0) is 9.59 Å². The van der Waals surface area contributed by atoms with E-state index in [2.05, 4.69) is 10.6 Å². The first-order valence-electron chi connectivity index (χ1n) is 9.93. The Morgan fingerprint density at radius 1 is 1.26 bits per heavy atom. The van der Waals surface area contributed by atoms with Crippen molar-refractivity contribution < 1.29 is 27.5 Å². The van der Waals surface area contributed by atoms with E-state index in [0.717, 1.165) is 29.2 Å². The summed E-state index contributed by atoms with van der Waals surface area (Å²) >= 11 is 1.09. The lowest BCUT2D eigenvalue weighted by Crippen LogP contribution is -2.45. The van der Waals surface area contributed by atoms with E-state index in [0.29, 0.717) is 19.5 Å². The Morgan fingerprint density at radius 2 is 1.94 bits per heavy atom. The standard InChI is InChI=1S/C20H30F3N3O3S.ClH/c1-13(15-5-6-18(30-15)29-12-20(21,22)23)24-16(27)9-14-7-8-26(10-14)11-17(28)25-19(2,3)4;/h5-6,13-14H,7-12H2,1-4H3,(H,24,27)(H,25,28);1H/t13-,14-;/m1./s1. The summed E-state index contributed by atoms with van der Waals surface area (Å²) in [6.45, 7) is 8.03. The zero-order valence-electron chi connectivity index (χ0n) is 18.2. The van der Waals surface area contributed by atoms with Gasteiger partial charge >= 0.3 is 6.18 Å². The Bertz CT molecular complexity index is 737. The van der Waals surface area contributed by atoms with E-state index in [1.807, 2.05) is 25.7 Å². The van der Waals surface area contributed by atoms with Crippen LogP contribution >= 0.6 is 23.7 Å². The van der Waals surface area contributed by atoms with Crippen molar-refractivity contribution in [3.05, 3.63) is 17.0 Å². The van der Waals surface area contributed by atoms with E-state index in [-0.39, 0.29) is 46.8 Å². The third kappa shape index (κ3) is 10.6. The molecule has 2 amide bonds. The van der Waals surface area contributed by atoms with Crippen LogP contribution in [0.15, 0.2) is 12.1 Å². The highest BCUT2D eigenvalue weighted by atomic mass is 35.5. The highest BCUT2D eigenvalue weighted by Crippen LogP contribution is 2.30. The number of carbonyl (C=O) groups excluding carboxylic acids is 2. The molecule has 2 rings (SSSR count). The molecule has 2 N–H and O–H groups in total. The number of likely N-dealkylation sites (tertiary alicyclic amines) is 1. The minimum absolute atomic E-state index is 0. The molecule has 2 atom stereocenters. The molecular weight excluding hydrogens is 455 g/mol. The zero-order valence-corrected chi connectivity index (χ0v) is 19.8. The fourth-order valence-corrected chi connectivity index (χ4v) is 4.17. The first-order valence-corrected chi connectivity index (χ1v) is 10.7. The zero-order chi connectivity index (χ0) is 22.5. The summed E-state index contributed by atoms with van der Waals surface area (Å²) in [5.74, 6) is 0.0378. The van der Waals surface area contributed by atoms with Gasteiger partial charge in [0, 0.05) is 23.4 Å². The van der Waals surface area contributed by atoms with Crippen molar-refractivity contribution in [2.45, 2.75) is 58.3 Å². The number of halogens is 4. The number of thiophene rings is 1. The van der Waals surface area contributed by atoms with Crippen LogP contribution in [0.3, 0.4) is 0 Å². The van der Waals surface area contributed by atoms with Crippen LogP contribution in [0, 0.1) is 5.92 Å². The molecule has 0 aromatic carbocycles. The van der Waals surface area contributed by atoms with Crippen molar-refractivity contribution in [3.8, 4) is 5.06 Å². The van der Waals surface area contributed by atoms with Crippen LogP contribution in [0.25, 0.3) is 0 Å². The SMILES string of the molecule is C[C@@H](NC(=O)C[C@H]1CCN(CC(=O)NC(C)(C)C)C1)c1ccc(OCC(F)(F)F)s1.Cl. The van der Waals surface area contributed by atoms with Gasteiger partial charge in [-0.2, -0.15) is 13.2 Å². The number of amides is 2. The van der Waals surface area contributed by atoms with Crippen LogP contribution < -0.4 is 15.4 Å². The van der Waals surface area contributed by atoms with Crippen molar-refractivity contribution in [2.24, 2.45) is 5.92 Å². The molecule has 1 aliphatic rings. The Balaban J connectivity index is 0.00000480. The predicted octanol–water partition coefficient (Wildman–Crippen LogP) is 3.91. The van der Waals surface area contributed by atoms with Crippen LogP contribution in [-0.4, -0.2) is 54.7 Å². The molecular formula is C20H31ClF3N3O3S. The molecule has 1 aromatic rings. The summed E-state index contributed by atoms with van der Waals surface area (Å²) in [7, 11) is 0. The summed E-state index contributed by atoms with van der Waals surface area (Å²) in [6.07, 6.45) is -3.18. The van der Waals surface area contributed by atoms with Crippen molar-refractivity contribution in [3.63, 3.8) is 0 Å². The third-order valence-electron chi connectivity index (χ3n) is 4.51. The second kappa shape index (κ2) is 11.4. The Hall–Kier alpha value is -1.52. The number of nitrogens with zero attached hydrogens (tertiary/aromatic N) is 1. The minimum Gasteiger partial charge on any atom is -0.475 e. The van der Waals surface area contributed by atoms with Gasteiger partial charge in [0.2, 0.25) is 11.8 Å². The van der Waals surface area contributed by atoms with Gasteiger partial charge in [-0.15, -0.1) is 23.7 Å². The lowest BCUT2D eigenvalue weighted by atomic mass is 10.0. The molecule has 31 heavy (non-hydrogen) atoms. The van der Waals surface area contributed by atoms with Crippen LogP contribution in [0.5, 0.6) is 5.06 Å². The Kier molecular flexibility index (Phi) is 10.1. The number of nitrogens with one attached hydrogen (secondary N) is 2. The Labute approximate surface area is 191 Å². The van der Waals surface area contributed by atoms with Gasteiger partial charge in [0.1, 0.15) is 0 Å². The average molecular weight is 486 g/mol. The summed E-state index contributed by atoms with van der Waals surface area (Å²) in [5, 5.41) is 5.99. The van der Waals surface area contributed by atoms with E-state index < -0.39 is 12.8 Å². The summed E-state index contributed by atoms with van der Waals surface area (Å²) in [6, 6.07) is 2.82. The number of alkyl halides is 3. The third-order valence-corrected chi connectivity index (χ3v) is 5.69. The fraction of sp³-hybridized carbons (Fsp3) is 0.700. The average Bonchev–Trinajstić information content (AvgIpc) is 3.19. The first kappa shape index (κ1) is 27.5. The molecule has 2 heterocycles. The summed E-state index contributed by atoms with van der Waals surface area (Å²) in [4.78, 5) is 27.2.